The second kappa shape index (κ2) is 9.33. The predicted octanol–water partition coefficient (Wildman–Crippen LogP) is 2.45. The highest BCUT2D eigenvalue weighted by molar-refractivity contribution is 6.02. The lowest BCUT2D eigenvalue weighted by Crippen LogP contribution is -2.47. The Hall–Kier alpha value is -3.40. The number of primary amides is 1. The number of aromatic nitrogens is 2. The SMILES string of the molecule is CC1Cn2ncc(N3CC(COCc4ccccc4)(C(N)=O)CC3=O)c2CN1C(=O)OC(C)(C)C. The van der Waals surface area contributed by atoms with Gasteiger partial charge >= 0.3 is 6.09 Å². The number of hydrogen-bond donors (Lipinski definition) is 1. The maximum Gasteiger partial charge on any atom is 0.410 e. The van der Waals surface area contributed by atoms with E-state index < -0.39 is 23.0 Å². The van der Waals surface area contributed by atoms with Gasteiger partial charge in [-0.05, 0) is 33.3 Å². The minimum atomic E-state index is -1.15. The van der Waals surface area contributed by atoms with Gasteiger partial charge in [0, 0.05) is 13.0 Å². The first kappa shape index (κ1) is 24.7. The van der Waals surface area contributed by atoms with Crippen LogP contribution in [0.3, 0.4) is 0 Å². The van der Waals surface area contributed by atoms with E-state index in [4.69, 9.17) is 15.2 Å². The van der Waals surface area contributed by atoms with Gasteiger partial charge in [0.15, 0.2) is 0 Å². The van der Waals surface area contributed by atoms with Gasteiger partial charge in [-0.1, -0.05) is 30.3 Å². The summed E-state index contributed by atoms with van der Waals surface area (Å²) in [6.07, 6.45) is 1.14. The molecule has 0 spiro atoms. The zero-order chi connectivity index (χ0) is 25.4. The van der Waals surface area contributed by atoms with E-state index in [2.05, 4.69) is 5.10 Å². The minimum Gasteiger partial charge on any atom is -0.444 e. The van der Waals surface area contributed by atoms with Crippen molar-refractivity contribution in [2.75, 3.05) is 18.1 Å². The third-order valence-electron chi connectivity index (χ3n) is 6.40. The number of benzene rings is 1. The Morgan fingerprint density at radius 1 is 1.23 bits per heavy atom. The smallest absolute Gasteiger partial charge is 0.410 e. The van der Waals surface area contributed by atoms with Gasteiger partial charge in [-0.15, -0.1) is 0 Å². The van der Waals surface area contributed by atoms with Gasteiger partial charge in [0.25, 0.3) is 0 Å². The Balaban J connectivity index is 1.52. The van der Waals surface area contributed by atoms with E-state index in [1.807, 2.05) is 58.0 Å². The van der Waals surface area contributed by atoms with Crippen molar-refractivity contribution in [2.45, 2.75) is 65.5 Å². The molecule has 188 valence electrons. The molecule has 10 nitrogen and oxygen atoms in total. The maximum atomic E-state index is 13.1. The molecule has 0 aliphatic carbocycles. The molecule has 3 amide bonds. The quantitative estimate of drug-likeness (QED) is 0.674. The molecule has 2 N–H and O–H groups in total. The first-order chi connectivity index (χ1) is 16.5. The van der Waals surface area contributed by atoms with Crippen molar-refractivity contribution in [3.05, 3.63) is 47.8 Å². The van der Waals surface area contributed by atoms with Crippen LogP contribution < -0.4 is 10.6 Å². The number of ether oxygens (including phenoxy) is 2. The van der Waals surface area contributed by atoms with Gasteiger partial charge in [0.2, 0.25) is 11.8 Å². The Kier molecular flexibility index (Phi) is 6.59. The standard InChI is InChI=1S/C25H33N5O5/c1-17-12-30-20(13-28(17)23(33)35-24(2,3)4)19(11-27-30)29-15-25(22(26)32,10-21(29)31)16-34-14-18-8-6-5-7-9-18/h5-9,11,17H,10,12-16H2,1-4H3,(H2,26,32). The molecule has 2 aromatic rings. The fraction of sp³-hybridized carbons (Fsp3) is 0.520. The van der Waals surface area contributed by atoms with E-state index in [-0.39, 0.29) is 38.1 Å². The first-order valence-electron chi connectivity index (χ1n) is 11.8. The molecule has 10 heteroatoms. The summed E-state index contributed by atoms with van der Waals surface area (Å²) >= 11 is 0. The van der Waals surface area contributed by atoms with Crippen LogP contribution in [0.5, 0.6) is 0 Å². The van der Waals surface area contributed by atoms with Gasteiger partial charge in [-0.2, -0.15) is 5.10 Å². The van der Waals surface area contributed by atoms with Crippen LogP contribution >= 0.6 is 0 Å². The lowest BCUT2D eigenvalue weighted by Gasteiger charge is -2.36. The van der Waals surface area contributed by atoms with E-state index in [0.29, 0.717) is 24.5 Å². The average Bonchev–Trinajstić information content (AvgIpc) is 3.33. The molecule has 2 aliphatic heterocycles. The van der Waals surface area contributed by atoms with Crippen LogP contribution in [0.25, 0.3) is 0 Å². The number of hydrogen-bond acceptors (Lipinski definition) is 6. The molecule has 1 aromatic heterocycles. The number of carbonyl (C=O) groups is 3. The lowest BCUT2D eigenvalue weighted by molar-refractivity contribution is -0.132. The molecule has 0 radical (unpaired) electrons. The van der Waals surface area contributed by atoms with E-state index >= 15 is 0 Å². The van der Waals surface area contributed by atoms with Gasteiger partial charge in [0.05, 0.1) is 55.3 Å². The largest absolute Gasteiger partial charge is 0.444 e. The summed E-state index contributed by atoms with van der Waals surface area (Å²) in [6, 6.07) is 9.47. The molecule has 3 heterocycles. The fourth-order valence-electron chi connectivity index (χ4n) is 4.50. The summed E-state index contributed by atoms with van der Waals surface area (Å²) in [4.78, 5) is 41.6. The molecule has 2 unspecified atom stereocenters. The number of carbonyl (C=O) groups excluding carboxylic acids is 3. The lowest BCUT2D eigenvalue weighted by atomic mass is 9.87. The number of anilines is 1. The molecule has 35 heavy (non-hydrogen) atoms. The normalized spacial score (nSPS) is 22.3. The van der Waals surface area contributed by atoms with Crippen molar-refractivity contribution in [3.8, 4) is 0 Å². The maximum absolute atomic E-state index is 13.1. The van der Waals surface area contributed by atoms with Crippen molar-refractivity contribution in [3.63, 3.8) is 0 Å². The summed E-state index contributed by atoms with van der Waals surface area (Å²) in [5.74, 6) is -0.809. The zero-order valence-corrected chi connectivity index (χ0v) is 20.7. The van der Waals surface area contributed by atoms with E-state index in [1.165, 1.54) is 0 Å². The van der Waals surface area contributed by atoms with Crippen LogP contribution in [0.15, 0.2) is 36.5 Å². The van der Waals surface area contributed by atoms with E-state index in [9.17, 15) is 14.4 Å². The first-order valence-corrected chi connectivity index (χ1v) is 11.8. The van der Waals surface area contributed by atoms with Gasteiger partial charge in [-0.3, -0.25) is 19.2 Å². The topological polar surface area (TPSA) is 120 Å². The second-order valence-corrected chi connectivity index (χ2v) is 10.4. The zero-order valence-electron chi connectivity index (χ0n) is 20.7. The third kappa shape index (κ3) is 5.17. The third-order valence-corrected chi connectivity index (χ3v) is 6.40. The molecule has 1 fully saturated rings. The van der Waals surface area contributed by atoms with Crippen molar-refractivity contribution in [2.24, 2.45) is 11.1 Å². The summed E-state index contributed by atoms with van der Waals surface area (Å²) in [7, 11) is 0. The molecule has 2 aliphatic rings. The molecular formula is C25H33N5O5. The van der Waals surface area contributed by atoms with Crippen LogP contribution in [-0.4, -0.2) is 57.4 Å². The highest BCUT2D eigenvalue weighted by Gasteiger charge is 2.50. The monoisotopic (exact) mass is 483 g/mol. The molecule has 2 atom stereocenters. The highest BCUT2D eigenvalue weighted by atomic mass is 16.6. The van der Waals surface area contributed by atoms with Crippen LogP contribution in [0.4, 0.5) is 10.5 Å². The van der Waals surface area contributed by atoms with Crippen LogP contribution in [0, 0.1) is 5.41 Å². The number of rotatable bonds is 6. The molecule has 0 bridgehead atoms. The number of nitrogens with two attached hydrogens (primary N) is 1. The van der Waals surface area contributed by atoms with Crippen molar-refractivity contribution in [1.29, 1.82) is 0 Å². The Morgan fingerprint density at radius 2 is 1.94 bits per heavy atom. The van der Waals surface area contributed by atoms with E-state index in [1.54, 1.807) is 20.7 Å². The van der Waals surface area contributed by atoms with Crippen molar-refractivity contribution >= 4 is 23.6 Å². The van der Waals surface area contributed by atoms with Gasteiger partial charge < -0.3 is 20.1 Å². The number of fused-ring (bicyclic) bond motifs is 1. The van der Waals surface area contributed by atoms with Crippen LogP contribution in [-0.2, 0) is 38.8 Å². The molecular weight excluding hydrogens is 450 g/mol. The number of amides is 3. The summed E-state index contributed by atoms with van der Waals surface area (Å²) < 4.78 is 13.2. The van der Waals surface area contributed by atoms with Crippen LogP contribution in [0.2, 0.25) is 0 Å². The molecule has 1 saturated heterocycles. The molecule has 1 aromatic carbocycles. The Morgan fingerprint density at radius 3 is 2.60 bits per heavy atom. The summed E-state index contributed by atoms with van der Waals surface area (Å²) in [6.45, 7) is 8.54. The van der Waals surface area contributed by atoms with Gasteiger partial charge in [-0.25, -0.2) is 4.79 Å². The molecule has 0 saturated carbocycles. The van der Waals surface area contributed by atoms with E-state index in [0.717, 1.165) is 5.56 Å². The Labute approximate surface area is 204 Å². The summed E-state index contributed by atoms with van der Waals surface area (Å²) in [5.41, 5.74) is 6.27. The van der Waals surface area contributed by atoms with Crippen molar-refractivity contribution < 1.29 is 23.9 Å². The predicted molar refractivity (Wildman–Crippen MR) is 128 cm³/mol. The Bertz CT molecular complexity index is 1110. The second-order valence-electron chi connectivity index (χ2n) is 10.4. The van der Waals surface area contributed by atoms with Crippen molar-refractivity contribution in [1.82, 2.24) is 14.7 Å². The minimum absolute atomic E-state index is 0.0318. The molecule has 4 rings (SSSR count). The fourth-order valence-corrected chi connectivity index (χ4v) is 4.50. The van der Waals surface area contributed by atoms with Gasteiger partial charge in [0.1, 0.15) is 5.60 Å². The summed E-state index contributed by atoms with van der Waals surface area (Å²) in [5, 5.41) is 4.45. The highest BCUT2D eigenvalue weighted by Crippen LogP contribution is 2.38. The number of nitrogens with zero attached hydrogens (tertiary/aromatic N) is 4. The average molecular weight is 484 g/mol. The van der Waals surface area contributed by atoms with Crippen LogP contribution in [0.1, 0.15) is 45.4 Å².